The molecule has 0 aromatic carbocycles. The fourth-order valence-electron chi connectivity index (χ4n) is 7.07. The number of carbonyl (C=O) groups is 3. The lowest BCUT2D eigenvalue weighted by Gasteiger charge is -2.18. The third-order valence-electron chi connectivity index (χ3n) is 11.3. The van der Waals surface area contributed by atoms with Crippen LogP contribution in [0.3, 0.4) is 0 Å². The van der Waals surface area contributed by atoms with Gasteiger partial charge in [0, 0.05) is 19.3 Å². The van der Waals surface area contributed by atoms with Crippen molar-refractivity contribution in [2.75, 3.05) is 13.2 Å². The molecule has 0 aliphatic carbocycles. The highest BCUT2D eigenvalue weighted by atomic mass is 16.6. The summed E-state index contributed by atoms with van der Waals surface area (Å²) in [6.45, 7) is 6.35. The molecule has 0 aromatic heterocycles. The lowest BCUT2D eigenvalue weighted by Crippen LogP contribution is -2.30. The van der Waals surface area contributed by atoms with Crippen LogP contribution in [0.4, 0.5) is 0 Å². The van der Waals surface area contributed by atoms with E-state index in [1.54, 1.807) is 0 Å². The highest BCUT2D eigenvalue weighted by molar-refractivity contribution is 5.71. The van der Waals surface area contributed by atoms with Gasteiger partial charge in [0.1, 0.15) is 13.2 Å². The van der Waals surface area contributed by atoms with E-state index in [9.17, 15) is 14.4 Å². The molecule has 6 heteroatoms. The summed E-state index contributed by atoms with van der Waals surface area (Å²) in [4.78, 5) is 38.1. The first-order chi connectivity index (χ1) is 35.0. The van der Waals surface area contributed by atoms with Crippen molar-refractivity contribution in [2.45, 2.75) is 232 Å². The van der Waals surface area contributed by atoms with Crippen molar-refractivity contribution >= 4 is 17.9 Å². The van der Waals surface area contributed by atoms with Crippen LogP contribution in [0, 0.1) is 0 Å². The molecule has 0 N–H and O–H groups in total. The van der Waals surface area contributed by atoms with Crippen LogP contribution in [-0.2, 0) is 28.6 Å². The Morgan fingerprint density at radius 1 is 0.296 bits per heavy atom. The van der Waals surface area contributed by atoms with Gasteiger partial charge in [-0.3, -0.25) is 14.4 Å². The second-order valence-corrected chi connectivity index (χ2v) is 18.1. The lowest BCUT2D eigenvalue weighted by molar-refractivity contribution is -0.166. The highest BCUT2D eigenvalue weighted by Crippen LogP contribution is 2.11. The van der Waals surface area contributed by atoms with E-state index in [0.29, 0.717) is 19.3 Å². The number of carbonyl (C=O) groups excluding carboxylic acids is 3. The van der Waals surface area contributed by atoms with Gasteiger partial charge < -0.3 is 14.2 Å². The van der Waals surface area contributed by atoms with Gasteiger partial charge in [-0.15, -0.1) is 0 Å². The van der Waals surface area contributed by atoms with Gasteiger partial charge in [0.2, 0.25) is 0 Å². The van der Waals surface area contributed by atoms with Crippen LogP contribution in [0.15, 0.2) is 146 Å². The molecule has 0 saturated carbocycles. The molecule has 0 heterocycles. The van der Waals surface area contributed by atoms with Gasteiger partial charge in [0.25, 0.3) is 0 Å². The van der Waals surface area contributed by atoms with Crippen LogP contribution in [0.25, 0.3) is 0 Å². The normalized spacial score (nSPS) is 13.2. The van der Waals surface area contributed by atoms with Crippen molar-refractivity contribution in [2.24, 2.45) is 0 Å². The SMILES string of the molecule is CC/C=C\C/C=C\C/C=C\C/C=C\C/C=C\CCCCCC(=O)OC[C@H](COC(=O)CCCCCCC/C=C\C/C=C\CCCCC)OC(=O)CC/C=C\C/C=C\C/C=C\C/C=C\C/C=C\CCCCC. The van der Waals surface area contributed by atoms with E-state index in [0.717, 1.165) is 128 Å². The molecule has 0 unspecified atom stereocenters. The third-order valence-corrected chi connectivity index (χ3v) is 11.3. The summed E-state index contributed by atoms with van der Waals surface area (Å²) in [7, 11) is 0. The van der Waals surface area contributed by atoms with E-state index >= 15 is 0 Å². The molecule has 0 aliphatic rings. The molecule has 6 nitrogen and oxygen atoms in total. The maximum atomic E-state index is 12.8. The Balaban J connectivity index is 4.62. The monoisotopic (exact) mass is 979 g/mol. The van der Waals surface area contributed by atoms with E-state index in [-0.39, 0.29) is 31.6 Å². The summed E-state index contributed by atoms with van der Waals surface area (Å²) < 4.78 is 16.7. The molecule has 71 heavy (non-hydrogen) atoms. The Labute approximate surface area is 436 Å². The summed E-state index contributed by atoms with van der Waals surface area (Å²) in [5, 5.41) is 0. The summed E-state index contributed by atoms with van der Waals surface area (Å²) in [6.07, 6.45) is 82.7. The molecule has 0 spiro atoms. The molecule has 1 atom stereocenters. The van der Waals surface area contributed by atoms with Gasteiger partial charge >= 0.3 is 17.9 Å². The zero-order valence-corrected chi connectivity index (χ0v) is 45.4. The van der Waals surface area contributed by atoms with Gasteiger partial charge in [-0.1, -0.05) is 218 Å². The fraction of sp³-hybridized carbons (Fsp3) is 0.585. The fourth-order valence-corrected chi connectivity index (χ4v) is 7.07. The molecule has 0 radical (unpaired) electrons. The molecular weight excluding hydrogens is 877 g/mol. The van der Waals surface area contributed by atoms with Gasteiger partial charge in [-0.2, -0.15) is 0 Å². The first-order valence-corrected chi connectivity index (χ1v) is 28.3. The first kappa shape index (κ1) is 66.3. The zero-order valence-electron chi connectivity index (χ0n) is 45.4. The molecule has 0 bridgehead atoms. The van der Waals surface area contributed by atoms with Crippen molar-refractivity contribution in [3.8, 4) is 0 Å². The Morgan fingerprint density at radius 2 is 0.577 bits per heavy atom. The molecule has 0 rings (SSSR count). The summed E-state index contributed by atoms with van der Waals surface area (Å²) >= 11 is 0. The average Bonchev–Trinajstić information content (AvgIpc) is 3.37. The van der Waals surface area contributed by atoms with E-state index < -0.39 is 12.1 Å². The van der Waals surface area contributed by atoms with Crippen LogP contribution in [0.1, 0.15) is 226 Å². The average molecular weight is 980 g/mol. The maximum Gasteiger partial charge on any atom is 0.306 e. The van der Waals surface area contributed by atoms with Gasteiger partial charge in [-0.05, 0) is 135 Å². The number of esters is 3. The lowest BCUT2D eigenvalue weighted by atomic mass is 10.1. The molecule has 0 fully saturated rings. The number of hydrogen-bond acceptors (Lipinski definition) is 6. The van der Waals surface area contributed by atoms with Crippen molar-refractivity contribution in [1.82, 2.24) is 0 Å². The van der Waals surface area contributed by atoms with E-state index in [2.05, 4.69) is 154 Å². The van der Waals surface area contributed by atoms with Gasteiger partial charge in [0.15, 0.2) is 6.10 Å². The molecule has 0 aliphatic heterocycles. The van der Waals surface area contributed by atoms with Crippen molar-refractivity contribution in [3.63, 3.8) is 0 Å². The van der Waals surface area contributed by atoms with Crippen LogP contribution in [0.2, 0.25) is 0 Å². The number of unbranched alkanes of at least 4 members (excludes halogenated alkanes) is 14. The van der Waals surface area contributed by atoms with Crippen molar-refractivity contribution < 1.29 is 28.6 Å². The van der Waals surface area contributed by atoms with Crippen molar-refractivity contribution in [1.29, 1.82) is 0 Å². The molecule has 0 amide bonds. The standard InChI is InChI=1S/C65H102O6/c1-4-7-10-13-16-19-22-25-28-30-32-34-37-40-43-46-49-52-55-58-64(67)70-61-62(60-69-63(66)57-54-51-48-45-42-39-36-27-24-21-18-15-12-9-6-3)71-65(68)59-56-53-50-47-44-41-38-35-33-31-29-26-23-20-17-14-11-8-5-2/h7,10,16-21,25-29,32-36,40-41,43-44,50,53,62H,4-6,8-9,11-15,22-24,30-31,37-39,42,45-49,51-52,54-61H2,1-3H3/b10-7-,19-16-,20-17-,21-18-,28-25-,29-26-,34-32-,35-33-,36-27-,43-40-,44-41-,53-50-/t62-/m0/s1. The Morgan fingerprint density at radius 3 is 0.930 bits per heavy atom. The zero-order chi connectivity index (χ0) is 51.4. The largest absolute Gasteiger partial charge is 0.462 e. The van der Waals surface area contributed by atoms with E-state index in [1.807, 2.05) is 12.2 Å². The third kappa shape index (κ3) is 56.1. The molecule has 0 saturated heterocycles. The number of hydrogen-bond donors (Lipinski definition) is 0. The Hall–Kier alpha value is -4.71. The van der Waals surface area contributed by atoms with E-state index in [4.69, 9.17) is 14.2 Å². The molecular formula is C65H102O6. The smallest absolute Gasteiger partial charge is 0.306 e. The minimum atomic E-state index is -0.844. The predicted octanol–water partition coefficient (Wildman–Crippen LogP) is 19.2. The Kier molecular flexibility index (Phi) is 54.0. The molecule has 0 aromatic rings. The van der Waals surface area contributed by atoms with Gasteiger partial charge in [0.05, 0.1) is 0 Å². The van der Waals surface area contributed by atoms with Crippen LogP contribution in [-0.4, -0.2) is 37.2 Å². The minimum Gasteiger partial charge on any atom is -0.462 e. The quantitative estimate of drug-likeness (QED) is 0.0262. The minimum absolute atomic E-state index is 0.132. The predicted molar refractivity (Wildman–Crippen MR) is 306 cm³/mol. The second kappa shape index (κ2) is 57.9. The maximum absolute atomic E-state index is 12.8. The van der Waals surface area contributed by atoms with Crippen LogP contribution < -0.4 is 0 Å². The number of rotatable bonds is 49. The number of allylic oxidation sites excluding steroid dienone is 24. The summed E-state index contributed by atoms with van der Waals surface area (Å²) in [5.74, 6) is -1.07. The Bertz CT molecular complexity index is 1590. The van der Waals surface area contributed by atoms with E-state index in [1.165, 1.54) is 51.4 Å². The van der Waals surface area contributed by atoms with Crippen LogP contribution >= 0.6 is 0 Å². The summed E-state index contributed by atoms with van der Waals surface area (Å²) in [6, 6.07) is 0. The topological polar surface area (TPSA) is 78.9 Å². The highest BCUT2D eigenvalue weighted by Gasteiger charge is 2.19. The first-order valence-electron chi connectivity index (χ1n) is 28.3. The van der Waals surface area contributed by atoms with Gasteiger partial charge in [-0.25, -0.2) is 0 Å². The molecule has 398 valence electrons. The number of ether oxygens (including phenoxy) is 3. The van der Waals surface area contributed by atoms with Crippen LogP contribution in [0.5, 0.6) is 0 Å². The summed E-state index contributed by atoms with van der Waals surface area (Å²) in [5.41, 5.74) is 0. The second-order valence-electron chi connectivity index (χ2n) is 18.1. The van der Waals surface area contributed by atoms with Crippen molar-refractivity contribution in [3.05, 3.63) is 146 Å².